The summed E-state index contributed by atoms with van der Waals surface area (Å²) in [5.41, 5.74) is 0.489. The van der Waals surface area contributed by atoms with Gasteiger partial charge in [0, 0.05) is 18.0 Å². The Labute approximate surface area is 146 Å². The zero-order valence-electron chi connectivity index (χ0n) is 13.9. The number of rotatable bonds is 7. The van der Waals surface area contributed by atoms with E-state index < -0.39 is 21.9 Å². The van der Waals surface area contributed by atoms with E-state index in [4.69, 9.17) is 0 Å². The second-order valence-corrected chi connectivity index (χ2v) is 9.60. The number of aliphatic hydroxyl groups is 1. The molecular formula is C17H22FNO3S2. The van der Waals surface area contributed by atoms with E-state index in [9.17, 15) is 17.9 Å². The van der Waals surface area contributed by atoms with Crippen LogP contribution in [0.25, 0.3) is 0 Å². The van der Waals surface area contributed by atoms with E-state index in [1.54, 1.807) is 12.1 Å². The van der Waals surface area contributed by atoms with Crippen molar-refractivity contribution in [3.63, 3.8) is 0 Å². The van der Waals surface area contributed by atoms with Gasteiger partial charge in [0.25, 0.3) is 10.0 Å². The van der Waals surface area contributed by atoms with Crippen LogP contribution in [0.4, 0.5) is 4.39 Å². The highest BCUT2D eigenvalue weighted by atomic mass is 32.2. The highest BCUT2D eigenvalue weighted by molar-refractivity contribution is 7.91. The minimum absolute atomic E-state index is 0.0664. The first-order valence-electron chi connectivity index (χ1n) is 7.70. The molecular weight excluding hydrogens is 349 g/mol. The average Bonchev–Trinajstić information content (AvgIpc) is 2.94. The molecule has 2 aromatic rings. The molecule has 0 amide bonds. The lowest BCUT2D eigenvalue weighted by Crippen LogP contribution is -2.37. The Kier molecular flexibility index (Phi) is 6.14. The number of aliphatic hydroxyl groups excluding tert-OH is 1. The van der Waals surface area contributed by atoms with Crippen molar-refractivity contribution in [2.24, 2.45) is 5.92 Å². The molecule has 0 bridgehead atoms. The van der Waals surface area contributed by atoms with Crippen molar-refractivity contribution in [3.8, 4) is 0 Å². The van der Waals surface area contributed by atoms with Gasteiger partial charge in [-0.25, -0.2) is 12.8 Å². The molecule has 0 fully saturated rings. The molecule has 0 spiro atoms. The van der Waals surface area contributed by atoms with Crippen molar-refractivity contribution in [2.75, 3.05) is 13.1 Å². The van der Waals surface area contributed by atoms with Crippen LogP contribution in [0.15, 0.2) is 40.6 Å². The molecule has 4 nitrogen and oxygen atoms in total. The second kappa shape index (κ2) is 7.74. The Morgan fingerprint density at radius 2 is 1.75 bits per heavy atom. The van der Waals surface area contributed by atoms with Crippen LogP contribution in [-0.2, 0) is 10.0 Å². The van der Waals surface area contributed by atoms with Crippen LogP contribution in [0.3, 0.4) is 0 Å². The summed E-state index contributed by atoms with van der Waals surface area (Å²) in [5.74, 6) is -0.284. The number of thiophene rings is 1. The molecule has 2 rings (SSSR count). The fraction of sp³-hybridized carbons (Fsp3) is 0.412. The maximum atomic E-state index is 13.0. The van der Waals surface area contributed by atoms with Crippen LogP contribution in [0.2, 0.25) is 0 Å². The van der Waals surface area contributed by atoms with E-state index >= 15 is 0 Å². The standard InChI is InChI=1S/C17H22FNO3S2/c1-12(2)10-19(24(21,22)17-9-4-13(3)23-17)11-16(20)14-5-7-15(18)8-6-14/h4-9,12,16,20H,10-11H2,1-3H3. The molecule has 1 N–H and O–H groups in total. The molecule has 0 saturated carbocycles. The van der Waals surface area contributed by atoms with Gasteiger partial charge in [-0.2, -0.15) is 4.31 Å². The Morgan fingerprint density at radius 3 is 2.25 bits per heavy atom. The third-order valence-electron chi connectivity index (χ3n) is 3.51. The Morgan fingerprint density at radius 1 is 1.12 bits per heavy atom. The lowest BCUT2D eigenvalue weighted by atomic mass is 10.1. The summed E-state index contributed by atoms with van der Waals surface area (Å²) in [4.78, 5) is 0.914. The van der Waals surface area contributed by atoms with Crippen molar-refractivity contribution in [1.29, 1.82) is 0 Å². The van der Waals surface area contributed by atoms with Gasteiger partial charge < -0.3 is 5.11 Å². The van der Waals surface area contributed by atoms with Gasteiger partial charge in [0.1, 0.15) is 10.0 Å². The van der Waals surface area contributed by atoms with E-state index in [1.165, 1.54) is 39.9 Å². The number of benzene rings is 1. The molecule has 0 saturated heterocycles. The van der Waals surface area contributed by atoms with Crippen molar-refractivity contribution < 1.29 is 17.9 Å². The summed E-state index contributed by atoms with van der Waals surface area (Å²) in [5, 5.41) is 10.4. The van der Waals surface area contributed by atoms with Crippen LogP contribution in [-0.4, -0.2) is 30.9 Å². The summed E-state index contributed by atoms with van der Waals surface area (Å²) in [6, 6.07) is 8.80. The number of hydrogen-bond acceptors (Lipinski definition) is 4. The smallest absolute Gasteiger partial charge is 0.252 e. The van der Waals surface area contributed by atoms with Gasteiger partial charge in [0.15, 0.2) is 0 Å². The van der Waals surface area contributed by atoms with E-state index in [0.717, 1.165) is 4.88 Å². The summed E-state index contributed by atoms with van der Waals surface area (Å²) >= 11 is 1.21. The molecule has 7 heteroatoms. The minimum Gasteiger partial charge on any atom is -0.387 e. The first-order valence-corrected chi connectivity index (χ1v) is 9.96. The molecule has 1 aromatic heterocycles. The largest absolute Gasteiger partial charge is 0.387 e. The van der Waals surface area contributed by atoms with Crippen molar-refractivity contribution in [1.82, 2.24) is 4.31 Å². The van der Waals surface area contributed by atoms with E-state index in [-0.39, 0.29) is 16.7 Å². The van der Waals surface area contributed by atoms with Gasteiger partial charge in [0.05, 0.1) is 6.10 Å². The molecule has 1 unspecified atom stereocenters. The first kappa shape index (κ1) is 19.1. The second-order valence-electron chi connectivity index (χ2n) is 6.15. The monoisotopic (exact) mass is 371 g/mol. The van der Waals surface area contributed by atoms with Crippen LogP contribution in [0.5, 0.6) is 0 Å². The number of hydrogen-bond donors (Lipinski definition) is 1. The van der Waals surface area contributed by atoms with Crippen LogP contribution < -0.4 is 0 Å². The third-order valence-corrected chi connectivity index (χ3v) is 6.81. The van der Waals surface area contributed by atoms with Crippen molar-refractivity contribution in [2.45, 2.75) is 31.1 Å². The predicted molar refractivity (Wildman–Crippen MR) is 94.0 cm³/mol. The maximum absolute atomic E-state index is 13.0. The van der Waals surface area contributed by atoms with Crippen LogP contribution in [0, 0.1) is 18.7 Å². The topological polar surface area (TPSA) is 57.6 Å². The predicted octanol–water partition coefficient (Wildman–Crippen LogP) is 3.58. The molecule has 24 heavy (non-hydrogen) atoms. The number of sulfonamides is 1. The quantitative estimate of drug-likeness (QED) is 0.809. The Balaban J connectivity index is 2.26. The molecule has 0 aliphatic rings. The third kappa shape index (κ3) is 4.63. The average molecular weight is 371 g/mol. The van der Waals surface area contributed by atoms with Gasteiger partial charge in [-0.05, 0) is 42.7 Å². The van der Waals surface area contributed by atoms with Gasteiger partial charge in [-0.3, -0.25) is 0 Å². The number of aryl methyl sites for hydroxylation is 1. The molecule has 0 radical (unpaired) electrons. The van der Waals surface area contributed by atoms with Crippen molar-refractivity contribution >= 4 is 21.4 Å². The molecule has 0 aliphatic heterocycles. The maximum Gasteiger partial charge on any atom is 0.252 e. The van der Waals surface area contributed by atoms with E-state index in [0.29, 0.717) is 12.1 Å². The normalized spacial score (nSPS) is 13.6. The zero-order valence-corrected chi connectivity index (χ0v) is 15.6. The lowest BCUT2D eigenvalue weighted by Gasteiger charge is -2.26. The minimum atomic E-state index is -3.67. The van der Waals surface area contributed by atoms with Gasteiger partial charge in [-0.15, -0.1) is 11.3 Å². The number of halogens is 1. The first-order chi connectivity index (χ1) is 11.2. The number of nitrogens with zero attached hydrogens (tertiary/aromatic N) is 1. The molecule has 0 aliphatic carbocycles. The molecule has 1 atom stereocenters. The van der Waals surface area contributed by atoms with E-state index in [1.807, 2.05) is 20.8 Å². The van der Waals surface area contributed by atoms with E-state index in [2.05, 4.69) is 0 Å². The summed E-state index contributed by atoms with van der Waals surface area (Å²) in [6.07, 6.45) is -1.01. The fourth-order valence-corrected chi connectivity index (χ4v) is 5.39. The Bertz CT molecular complexity index is 769. The van der Waals surface area contributed by atoms with Crippen molar-refractivity contribution in [3.05, 3.63) is 52.7 Å². The highest BCUT2D eigenvalue weighted by Gasteiger charge is 2.29. The molecule has 1 aromatic carbocycles. The van der Waals surface area contributed by atoms with Gasteiger partial charge in [-0.1, -0.05) is 26.0 Å². The summed E-state index contributed by atoms with van der Waals surface area (Å²) < 4.78 is 40.3. The SMILES string of the molecule is Cc1ccc(S(=O)(=O)N(CC(C)C)CC(O)c2ccc(F)cc2)s1. The van der Waals surface area contributed by atoms with Gasteiger partial charge in [0.2, 0.25) is 0 Å². The summed E-state index contributed by atoms with van der Waals surface area (Å²) in [7, 11) is -3.67. The zero-order chi connectivity index (χ0) is 17.9. The Hall–Kier alpha value is -1.28. The van der Waals surface area contributed by atoms with Gasteiger partial charge >= 0.3 is 0 Å². The molecule has 132 valence electrons. The fourth-order valence-electron chi connectivity index (χ4n) is 2.34. The van der Waals surface area contributed by atoms with Crippen LogP contribution in [0.1, 0.15) is 30.4 Å². The highest BCUT2D eigenvalue weighted by Crippen LogP contribution is 2.27. The summed E-state index contributed by atoms with van der Waals surface area (Å²) in [6.45, 7) is 5.93. The molecule has 1 heterocycles. The lowest BCUT2D eigenvalue weighted by molar-refractivity contribution is 0.143. The van der Waals surface area contributed by atoms with Crippen LogP contribution >= 0.6 is 11.3 Å².